The normalized spacial score (nSPS) is 15.9. The van der Waals surface area contributed by atoms with Crippen LogP contribution < -0.4 is 0 Å². The summed E-state index contributed by atoms with van der Waals surface area (Å²) in [6, 6.07) is 8.36. The molecular formula is C18H15ClFNO3. The minimum Gasteiger partial charge on any atom is -0.478 e. The number of aryl methyl sites for hydroxylation is 1. The fourth-order valence-electron chi connectivity index (χ4n) is 3.11. The minimum absolute atomic E-state index is 0.0991. The molecule has 0 bridgehead atoms. The highest BCUT2D eigenvalue weighted by atomic mass is 35.5. The van der Waals surface area contributed by atoms with Crippen molar-refractivity contribution in [3.8, 4) is 0 Å². The van der Waals surface area contributed by atoms with Crippen LogP contribution in [0.15, 0.2) is 36.4 Å². The first-order valence-corrected chi connectivity index (χ1v) is 7.84. The van der Waals surface area contributed by atoms with Gasteiger partial charge in [0.25, 0.3) is 5.91 Å². The summed E-state index contributed by atoms with van der Waals surface area (Å²) in [5.74, 6) is -1.93. The molecule has 2 aromatic carbocycles. The highest BCUT2D eigenvalue weighted by Gasteiger charge is 2.30. The zero-order valence-corrected chi connectivity index (χ0v) is 13.7. The van der Waals surface area contributed by atoms with E-state index in [4.69, 9.17) is 16.7 Å². The van der Waals surface area contributed by atoms with Gasteiger partial charge in [0, 0.05) is 7.05 Å². The van der Waals surface area contributed by atoms with Gasteiger partial charge in [-0.1, -0.05) is 17.7 Å². The standard InChI is InChI=1S/C18H15ClFNO3/c1-21(17(22)14-9-12(20)5-6-15(14)19)16-7-4-10-2-3-11(18(23)24)8-13(10)16/h2-3,5-6,8-9,16H,4,7H2,1H3,(H,23,24). The molecule has 0 saturated heterocycles. The van der Waals surface area contributed by atoms with E-state index in [1.165, 1.54) is 17.0 Å². The van der Waals surface area contributed by atoms with Crippen LogP contribution in [-0.2, 0) is 6.42 Å². The SMILES string of the molecule is CN(C(=O)c1cc(F)ccc1Cl)C1CCc2ccc(C(=O)O)cc21. The second kappa shape index (κ2) is 6.24. The number of carboxylic acid groups (broad SMARTS) is 1. The largest absolute Gasteiger partial charge is 0.478 e. The maximum Gasteiger partial charge on any atom is 0.335 e. The summed E-state index contributed by atoms with van der Waals surface area (Å²) < 4.78 is 13.4. The van der Waals surface area contributed by atoms with Crippen LogP contribution in [-0.4, -0.2) is 28.9 Å². The number of benzene rings is 2. The molecule has 0 spiro atoms. The molecule has 2 aromatic rings. The number of rotatable bonds is 3. The number of hydrogen-bond donors (Lipinski definition) is 1. The summed E-state index contributed by atoms with van der Waals surface area (Å²) in [5.41, 5.74) is 2.13. The first kappa shape index (κ1) is 16.5. The molecule has 0 fully saturated rings. The first-order valence-electron chi connectivity index (χ1n) is 7.47. The van der Waals surface area contributed by atoms with E-state index in [-0.39, 0.29) is 22.2 Å². The van der Waals surface area contributed by atoms with Crippen LogP contribution in [0.3, 0.4) is 0 Å². The number of aromatic carboxylic acids is 1. The number of amides is 1. The Balaban J connectivity index is 1.94. The molecule has 1 amide bonds. The van der Waals surface area contributed by atoms with Crippen LogP contribution in [0.5, 0.6) is 0 Å². The van der Waals surface area contributed by atoms with Crippen molar-refractivity contribution in [2.75, 3.05) is 7.05 Å². The molecule has 1 aliphatic rings. The molecule has 1 N–H and O–H groups in total. The third kappa shape index (κ3) is 2.87. The molecule has 6 heteroatoms. The summed E-state index contributed by atoms with van der Waals surface area (Å²) in [5, 5.41) is 9.34. The molecule has 1 atom stereocenters. The molecule has 0 heterocycles. The first-order chi connectivity index (χ1) is 11.4. The predicted octanol–water partition coefficient (Wildman–Crippen LogP) is 3.94. The molecule has 0 aliphatic heterocycles. The lowest BCUT2D eigenvalue weighted by molar-refractivity contribution is 0.0696. The van der Waals surface area contributed by atoms with Crippen molar-refractivity contribution in [2.45, 2.75) is 18.9 Å². The van der Waals surface area contributed by atoms with Gasteiger partial charge in [0.2, 0.25) is 0 Å². The molecule has 4 nitrogen and oxygen atoms in total. The van der Waals surface area contributed by atoms with Crippen LogP contribution >= 0.6 is 11.6 Å². The van der Waals surface area contributed by atoms with E-state index in [0.717, 1.165) is 23.6 Å². The summed E-state index contributed by atoms with van der Waals surface area (Å²) >= 11 is 6.02. The number of carbonyl (C=O) groups excluding carboxylic acids is 1. The van der Waals surface area contributed by atoms with Crippen molar-refractivity contribution in [3.63, 3.8) is 0 Å². The Morgan fingerprint density at radius 1 is 1.25 bits per heavy atom. The Morgan fingerprint density at radius 3 is 2.71 bits per heavy atom. The van der Waals surface area contributed by atoms with Gasteiger partial charge in [-0.05, 0) is 54.3 Å². The van der Waals surface area contributed by atoms with Gasteiger partial charge in [-0.2, -0.15) is 0 Å². The van der Waals surface area contributed by atoms with E-state index in [0.29, 0.717) is 6.42 Å². The van der Waals surface area contributed by atoms with E-state index in [1.54, 1.807) is 25.2 Å². The van der Waals surface area contributed by atoms with Crippen molar-refractivity contribution >= 4 is 23.5 Å². The lowest BCUT2D eigenvalue weighted by atomic mass is 10.0. The molecule has 0 saturated carbocycles. The van der Waals surface area contributed by atoms with Gasteiger partial charge in [0.1, 0.15) is 5.82 Å². The van der Waals surface area contributed by atoms with Crippen molar-refractivity contribution < 1.29 is 19.1 Å². The van der Waals surface area contributed by atoms with Crippen LogP contribution in [0.2, 0.25) is 5.02 Å². The zero-order valence-electron chi connectivity index (χ0n) is 12.9. The van der Waals surface area contributed by atoms with Crippen molar-refractivity contribution in [2.24, 2.45) is 0 Å². The molecule has 1 unspecified atom stereocenters. The fourth-order valence-corrected chi connectivity index (χ4v) is 3.31. The number of hydrogen-bond acceptors (Lipinski definition) is 2. The lowest BCUT2D eigenvalue weighted by Crippen LogP contribution is -2.30. The average molecular weight is 348 g/mol. The summed E-state index contributed by atoms with van der Waals surface area (Å²) in [6.07, 6.45) is 1.45. The fraction of sp³-hybridized carbons (Fsp3) is 0.222. The predicted molar refractivity (Wildman–Crippen MR) is 88.0 cm³/mol. The summed E-state index contributed by atoms with van der Waals surface area (Å²) in [7, 11) is 1.62. The topological polar surface area (TPSA) is 57.6 Å². The number of fused-ring (bicyclic) bond motifs is 1. The Labute approximate surface area is 143 Å². The molecule has 24 heavy (non-hydrogen) atoms. The third-order valence-electron chi connectivity index (χ3n) is 4.39. The van der Waals surface area contributed by atoms with Crippen molar-refractivity contribution in [1.82, 2.24) is 4.90 Å². The lowest BCUT2D eigenvalue weighted by Gasteiger charge is -2.26. The Kier molecular flexibility index (Phi) is 4.28. The van der Waals surface area contributed by atoms with Crippen molar-refractivity contribution in [3.05, 3.63) is 69.5 Å². The van der Waals surface area contributed by atoms with E-state index >= 15 is 0 Å². The zero-order chi connectivity index (χ0) is 17.4. The van der Waals surface area contributed by atoms with Crippen molar-refractivity contribution in [1.29, 1.82) is 0 Å². The van der Waals surface area contributed by atoms with Gasteiger partial charge in [-0.25, -0.2) is 9.18 Å². The number of halogens is 2. The minimum atomic E-state index is -1.01. The maximum atomic E-state index is 13.4. The average Bonchev–Trinajstić information content (AvgIpc) is 2.98. The van der Waals surface area contributed by atoms with Crippen LogP contribution in [0.4, 0.5) is 4.39 Å². The van der Waals surface area contributed by atoms with E-state index in [1.807, 2.05) is 0 Å². The smallest absolute Gasteiger partial charge is 0.335 e. The maximum absolute atomic E-state index is 13.4. The summed E-state index contributed by atoms with van der Waals surface area (Å²) in [4.78, 5) is 25.4. The molecular weight excluding hydrogens is 333 g/mol. The van der Waals surface area contributed by atoms with Crippen LogP contribution in [0.1, 0.15) is 44.3 Å². The van der Waals surface area contributed by atoms with Crippen LogP contribution in [0, 0.1) is 5.82 Å². The molecule has 124 valence electrons. The second-order valence-corrected chi connectivity index (χ2v) is 6.22. The van der Waals surface area contributed by atoms with Crippen LogP contribution in [0.25, 0.3) is 0 Å². The van der Waals surface area contributed by atoms with Gasteiger partial charge in [-0.3, -0.25) is 4.79 Å². The Bertz CT molecular complexity index is 837. The van der Waals surface area contributed by atoms with Gasteiger partial charge in [-0.15, -0.1) is 0 Å². The Hall–Kier alpha value is -2.40. The van der Waals surface area contributed by atoms with Gasteiger partial charge < -0.3 is 10.0 Å². The molecule has 3 rings (SSSR count). The number of carbonyl (C=O) groups is 2. The molecule has 1 aliphatic carbocycles. The molecule has 0 aromatic heterocycles. The quantitative estimate of drug-likeness (QED) is 0.915. The second-order valence-electron chi connectivity index (χ2n) is 5.81. The van der Waals surface area contributed by atoms with E-state index < -0.39 is 17.7 Å². The highest BCUT2D eigenvalue weighted by molar-refractivity contribution is 6.33. The number of nitrogens with zero attached hydrogens (tertiary/aromatic N) is 1. The van der Waals surface area contributed by atoms with Gasteiger partial charge in [0.15, 0.2) is 0 Å². The summed E-state index contributed by atoms with van der Waals surface area (Å²) in [6.45, 7) is 0. The van der Waals surface area contributed by atoms with Gasteiger partial charge in [0.05, 0.1) is 22.2 Å². The van der Waals surface area contributed by atoms with Gasteiger partial charge >= 0.3 is 5.97 Å². The van der Waals surface area contributed by atoms with E-state index in [9.17, 15) is 14.0 Å². The highest BCUT2D eigenvalue weighted by Crippen LogP contribution is 2.36. The Morgan fingerprint density at radius 2 is 2.00 bits per heavy atom. The number of carboxylic acids is 1. The third-order valence-corrected chi connectivity index (χ3v) is 4.72. The monoisotopic (exact) mass is 347 g/mol. The van der Waals surface area contributed by atoms with E-state index in [2.05, 4.69) is 0 Å². The molecule has 0 radical (unpaired) electrons.